The molecule has 4 aromatic rings. The van der Waals surface area contributed by atoms with Gasteiger partial charge in [-0.25, -0.2) is 4.98 Å². The number of fused-ring (bicyclic) bond motifs is 1. The summed E-state index contributed by atoms with van der Waals surface area (Å²) in [6, 6.07) is 26.8. The van der Waals surface area contributed by atoms with Gasteiger partial charge >= 0.3 is 0 Å². The molecule has 0 aliphatic carbocycles. The van der Waals surface area contributed by atoms with E-state index in [2.05, 4.69) is 70.2 Å². The Bertz CT molecular complexity index is 933. The summed E-state index contributed by atoms with van der Waals surface area (Å²) in [5.74, 6) is 0. The minimum atomic E-state index is 0.787. The van der Waals surface area contributed by atoms with Crippen LogP contribution in [0.3, 0.4) is 0 Å². The number of hydrogen-bond donors (Lipinski definition) is 2. The van der Waals surface area contributed by atoms with Crippen LogP contribution in [-0.4, -0.2) is 4.98 Å². The molecular weight excluding hydrogens is 314 g/mol. The molecule has 3 aromatic carbocycles. The first kappa shape index (κ1) is 14.7. The molecule has 24 heavy (non-hydrogen) atoms. The van der Waals surface area contributed by atoms with Crippen LogP contribution in [0.5, 0.6) is 0 Å². The van der Waals surface area contributed by atoms with Gasteiger partial charge in [-0.2, -0.15) is 0 Å². The van der Waals surface area contributed by atoms with Crippen LogP contribution >= 0.6 is 11.3 Å². The average Bonchev–Trinajstić information content (AvgIpc) is 3.04. The Kier molecular flexibility index (Phi) is 4.13. The first-order valence-corrected chi connectivity index (χ1v) is 8.69. The average molecular weight is 331 g/mol. The molecule has 0 aliphatic rings. The second kappa shape index (κ2) is 6.72. The molecule has 118 valence electrons. The number of aromatic nitrogens is 1. The van der Waals surface area contributed by atoms with Crippen molar-refractivity contribution in [2.75, 3.05) is 10.6 Å². The van der Waals surface area contributed by atoms with E-state index < -0.39 is 0 Å². The minimum absolute atomic E-state index is 0.787. The third kappa shape index (κ3) is 3.39. The van der Waals surface area contributed by atoms with Gasteiger partial charge in [0.15, 0.2) is 5.13 Å². The van der Waals surface area contributed by atoms with Crippen molar-refractivity contribution in [3.05, 3.63) is 84.4 Å². The van der Waals surface area contributed by atoms with Crippen LogP contribution in [0.4, 0.5) is 16.5 Å². The highest BCUT2D eigenvalue weighted by molar-refractivity contribution is 7.22. The SMILES string of the molecule is c1ccc(CNc2nc3ccc(Nc4ccccc4)cc3s2)cc1. The molecular formula is C20H17N3S. The van der Waals surface area contributed by atoms with Gasteiger partial charge in [0.1, 0.15) is 0 Å². The fourth-order valence-corrected chi connectivity index (χ4v) is 3.44. The smallest absolute Gasteiger partial charge is 0.184 e. The van der Waals surface area contributed by atoms with E-state index in [1.54, 1.807) is 11.3 Å². The maximum atomic E-state index is 4.66. The first-order chi connectivity index (χ1) is 11.9. The monoisotopic (exact) mass is 331 g/mol. The van der Waals surface area contributed by atoms with Crippen LogP contribution < -0.4 is 10.6 Å². The number of hydrogen-bond acceptors (Lipinski definition) is 4. The Morgan fingerprint density at radius 2 is 1.54 bits per heavy atom. The zero-order valence-electron chi connectivity index (χ0n) is 13.1. The van der Waals surface area contributed by atoms with Crippen LogP contribution in [0, 0.1) is 0 Å². The fraction of sp³-hybridized carbons (Fsp3) is 0.0500. The summed E-state index contributed by atoms with van der Waals surface area (Å²) in [7, 11) is 0. The standard InChI is InChI=1S/C20H17N3S/c1-3-7-15(8-4-1)14-21-20-23-18-12-11-17(13-19(18)24-20)22-16-9-5-2-6-10-16/h1-13,22H,14H2,(H,21,23). The maximum absolute atomic E-state index is 4.66. The zero-order chi connectivity index (χ0) is 16.2. The van der Waals surface area contributed by atoms with E-state index in [1.165, 1.54) is 10.3 Å². The summed E-state index contributed by atoms with van der Waals surface area (Å²) in [5, 5.41) is 7.78. The molecule has 4 heteroatoms. The lowest BCUT2D eigenvalue weighted by molar-refractivity contribution is 1.14. The second-order valence-corrected chi connectivity index (χ2v) is 6.56. The summed E-state index contributed by atoms with van der Waals surface area (Å²) in [5.41, 5.74) is 4.44. The Balaban J connectivity index is 1.51. The Morgan fingerprint density at radius 3 is 2.33 bits per heavy atom. The molecule has 0 spiro atoms. The lowest BCUT2D eigenvalue weighted by Crippen LogP contribution is -1.97. The molecule has 0 saturated heterocycles. The van der Waals surface area contributed by atoms with E-state index in [0.717, 1.165) is 28.6 Å². The van der Waals surface area contributed by atoms with Crippen molar-refractivity contribution in [3.8, 4) is 0 Å². The summed E-state index contributed by atoms with van der Waals surface area (Å²) in [6.45, 7) is 0.787. The van der Waals surface area contributed by atoms with Crippen LogP contribution in [0.2, 0.25) is 0 Å². The van der Waals surface area contributed by atoms with E-state index in [4.69, 9.17) is 0 Å². The van der Waals surface area contributed by atoms with Gasteiger partial charge in [-0.15, -0.1) is 0 Å². The first-order valence-electron chi connectivity index (χ1n) is 7.87. The van der Waals surface area contributed by atoms with E-state index in [9.17, 15) is 0 Å². The molecule has 0 fully saturated rings. The molecule has 3 nitrogen and oxygen atoms in total. The maximum Gasteiger partial charge on any atom is 0.184 e. The predicted molar refractivity (Wildman–Crippen MR) is 103 cm³/mol. The summed E-state index contributed by atoms with van der Waals surface area (Å²) in [6.07, 6.45) is 0. The van der Waals surface area contributed by atoms with Crippen molar-refractivity contribution in [1.82, 2.24) is 4.98 Å². The lowest BCUT2D eigenvalue weighted by atomic mass is 10.2. The van der Waals surface area contributed by atoms with E-state index in [-0.39, 0.29) is 0 Å². The van der Waals surface area contributed by atoms with Crippen molar-refractivity contribution in [3.63, 3.8) is 0 Å². The largest absolute Gasteiger partial charge is 0.357 e. The van der Waals surface area contributed by atoms with Crippen molar-refractivity contribution < 1.29 is 0 Å². The number of benzene rings is 3. The molecule has 0 amide bonds. The van der Waals surface area contributed by atoms with Gasteiger partial charge in [-0.05, 0) is 35.9 Å². The van der Waals surface area contributed by atoms with Crippen LogP contribution in [0.15, 0.2) is 78.9 Å². The van der Waals surface area contributed by atoms with E-state index >= 15 is 0 Å². The predicted octanol–water partition coefficient (Wildman–Crippen LogP) is 5.65. The lowest BCUT2D eigenvalue weighted by Gasteiger charge is -2.05. The molecule has 4 rings (SSSR count). The normalized spacial score (nSPS) is 10.7. The third-order valence-corrected chi connectivity index (χ3v) is 4.71. The number of nitrogens with one attached hydrogen (secondary N) is 2. The third-order valence-electron chi connectivity index (χ3n) is 3.74. The molecule has 0 aliphatic heterocycles. The number of thiazole rings is 1. The quantitative estimate of drug-likeness (QED) is 0.496. The molecule has 2 N–H and O–H groups in total. The molecule has 0 bridgehead atoms. The van der Waals surface area contributed by atoms with Crippen molar-refractivity contribution in [2.45, 2.75) is 6.54 Å². The van der Waals surface area contributed by atoms with Crippen LogP contribution in [0.1, 0.15) is 5.56 Å². The molecule has 1 aromatic heterocycles. The second-order valence-electron chi connectivity index (χ2n) is 5.53. The molecule has 1 heterocycles. The van der Waals surface area contributed by atoms with Gasteiger partial charge in [-0.3, -0.25) is 0 Å². The van der Waals surface area contributed by atoms with Crippen molar-refractivity contribution in [1.29, 1.82) is 0 Å². The van der Waals surface area contributed by atoms with Crippen LogP contribution in [0.25, 0.3) is 10.2 Å². The van der Waals surface area contributed by atoms with Gasteiger partial charge in [0.25, 0.3) is 0 Å². The fourth-order valence-electron chi connectivity index (χ4n) is 2.54. The number of rotatable bonds is 5. The van der Waals surface area contributed by atoms with E-state index in [1.807, 2.05) is 24.3 Å². The van der Waals surface area contributed by atoms with Crippen LogP contribution in [-0.2, 0) is 6.54 Å². The highest BCUT2D eigenvalue weighted by atomic mass is 32.1. The topological polar surface area (TPSA) is 37.0 Å². The van der Waals surface area contributed by atoms with Gasteiger partial charge in [0.2, 0.25) is 0 Å². The van der Waals surface area contributed by atoms with Crippen molar-refractivity contribution in [2.24, 2.45) is 0 Å². The Labute approximate surface area is 145 Å². The molecule has 0 saturated carbocycles. The molecule has 0 radical (unpaired) electrons. The summed E-state index contributed by atoms with van der Waals surface area (Å²) < 4.78 is 1.17. The van der Waals surface area contributed by atoms with Gasteiger partial charge in [0, 0.05) is 17.9 Å². The Hall–Kier alpha value is -2.85. The highest BCUT2D eigenvalue weighted by Gasteiger charge is 2.05. The van der Waals surface area contributed by atoms with Gasteiger partial charge in [-0.1, -0.05) is 59.9 Å². The highest BCUT2D eigenvalue weighted by Crippen LogP contribution is 2.29. The number of anilines is 3. The van der Waals surface area contributed by atoms with E-state index in [0.29, 0.717) is 0 Å². The van der Waals surface area contributed by atoms with Gasteiger partial charge < -0.3 is 10.6 Å². The number of nitrogens with zero attached hydrogens (tertiary/aromatic N) is 1. The van der Waals surface area contributed by atoms with Gasteiger partial charge in [0.05, 0.1) is 10.2 Å². The molecule has 0 unspecified atom stereocenters. The zero-order valence-corrected chi connectivity index (χ0v) is 13.9. The summed E-state index contributed by atoms with van der Waals surface area (Å²) >= 11 is 1.68. The Morgan fingerprint density at radius 1 is 0.792 bits per heavy atom. The van der Waals surface area contributed by atoms with Crippen molar-refractivity contribution >= 4 is 38.1 Å². The minimum Gasteiger partial charge on any atom is -0.357 e. The summed E-state index contributed by atoms with van der Waals surface area (Å²) in [4.78, 5) is 4.66. The molecule has 0 atom stereocenters. The number of para-hydroxylation sites is 1.